The lowest BCUT2D eigenvalue weighted by Crippen LogP contribution is -2.42. The Bertz CT molecular complexity index is 556. The standard InChI is InChI=1S/C11H14N2O4S/c1-18(15,16)8-9-3-2-4-12-11(9)13-5-6-17-7-10(13)14/h2-4H,5-8H2,1H3. The Hall–Kier alpha value is -1.47. The lowest BCUT2D eigenvalue weighted by atomic mass is 10.2. The minimum absolute atomic E-state index is 0.00882. The van der Waals surface area contributed by atoms with Gasteiger partial charge in [-0.25, -0.2) is 13.4 Å². The van der Waals surface area contributed by atoms with Crippen LogP contribution in [0.15, 0.2) is 18.3 Å². The molecule has 18 heavy (non-hydrogen) atoms. The van der Waals surface area contributed by atoms with Crippen LogP contribution in [0.25, 0.3) is 0 Å². The molecule has 1 aliphatic rings. The molecule has 7 heteroatoms. The maximum Gasteiger partial charge on any atom is 0.254 e. The number of pyridine rings is 1. The fraction of sp³-hybridized carbons (Fsp3) is 0.455. The molecule has 1 aliphatic heterocycles. The van der Waals surface area contributed by atoms with Crippen LogP contribution in [-0.2, 0) is 25.1 Å². The highest BCUT2D eigenvalue weighted by Crippen LogP contribution is 2.20. The van der Waals surface area contributed by atoms with Crippen LogP contribution < -0.4 is 4.90 Å². The normalized spacial score (nSPS) is 16.9. The first-order valence-corrected chi connectivity index (χ1v) is 7.53. The number of anilines is 1. The minimum Gasteiger partial charge on any atom is -0.370 e. The highest BCUT2D eigenvalue weighted by atomic mass is 32.2. The molecule has 0 radical (unpaired) electrons. The van der Waals surface area contributed by atoms with Crippen molar-refractivity contribution in [2.24, 2.45) is 0 Å². The fourth-order valence-corrected chi connectivity index (χ4v) is 2.60. The van der Waals surface area contributed by atoms with Gasteiger partial charge in [-0.1, -0.05) is 6.07 Å². The van der Waals surface area contributed by atoms with Crippen LogP contribution >= 0.6 is 0 Å². The number of nitrogens with zero attached hydrogens (tertiary/aromatic N) is 2. The maximum absolute atomic E-state index is 11.7. The second-order valence-electron chi connectivity index (χ2n) is 4.15. The van der Waals surface area contributed by atoms with Crippen LogP contribution in [0.4, 0.5) is 5.82 Å². The van der Waals surface area contributed by atoms with E-state index < -0.39 is 9.84 Å². The van der Waals surface area contributed by atoms with Crippen molar-refractivity contribution >= 4 is 21.6 Å². The molecule has 1 fully saturated rings. The van der Waals surface area contributed by atoms with E-state index in [-0.39, 0.29) is 18.3 Å². The minimum atomic E-state index is -3.17. The van der Waals surface area contributed by atoms with Crippen LogP contribution in [0.1, 0.15) is 5.56 Å². The van der Waals surface area contributed by atoms with Crippen LogP contribution in [0, 0.1) is 0 Å². The molecule has 1 aromatic rings. The third-order valence-corrected chi connectivity index (χ3v) is 3.36. The zero-order valence-corrected chi connectivity index (χ0v) is 10.8. The third-order valence-electron chi connectivity index (χ3n) is 2.53. The lowest BCUT2D eigenvalue weighted by Gasteiger charge is -2.27. The van der Waals surface area contributed by atoms with Crippen LogP contribution in [0.2, 0.25) is 0 Å². The van der Waals surface area contributed by atoms with E-state index in [1.807, 2.05) is 0 Å². The van der Waals surface area contributed by atoms with E-state index >= 15 is 0 Å². The van der Waals surface area contributed by atoms with E-state index in [1.165, 1.54) is 4.90 Å². The Morgan fingerprint density at radius 1 is 1.50 bits per heavy atom. The van der Waals surface area contributed by atoms with Gasteiger partial charge in [0.2, 0.25) is 0 Å². The zero-order chi connectivity index (χ0) is 13.2. The zero-order valence-electron chi connectivity index (χ0n) is 10.00. The summed E-state index contributed by atoms with van der Waals surface area (Å²) in [5.74, 6) is 0.0896. The monoisotopic (exact) mass is 270 g/mol. The van der Waals surface area contributed by atoms with E-state index in [0.717, 1.165) is 6.26 Å². The van der Waals surface area contributed by atoms with Crippen molar-refractivity contribution in [1.82, 2.24) is 4.98 Å². The number of hydrogen-bond donors (Lipinski definition) is 0. The average molecular weight is 270 g/mol. The number of carbonyl (C=O) groups excluding carboxylic acids is 1. The molecule has 0 N–H and O–H groups in total. The first-order chi connectivity index (χ1) is 8.47. The molecule has 6 nitrogen and oxygen atoms in total. The first kappa shape index (κ1) is 13.0. The predicted molar refractivity (Wildman–Crippen MR) is 66.0 cm³/mol. The topological polar surface area (TPSA) is 76.6 Å². The van der Waals surface area contributed by atoms with Gasteiger partial charge in [0, 0.05) is 18.0 Å². The summed E-state index contributed by atoms with van der Waals surface area (Å²) in [6, 6.07) is 3.33. The van der Waals surface area contributed by atoms with Gasteiger partial charge in [0.15, 0.2) is 9.84 Å². The molecule has 0 aromatic carbocycles. The van der Waals surface area contributed by atoms with E-state index in [0.29, 0.717) is 24.5 Å². The van der Waals surface area contributed by atoms with Crippen molar-refractivity contribution in [3.63, 3.8) is 0 Å². The fourth-order valence-electron chi connectivity index (χ4n) is 1.81. The first-order valence-electron chi connectivity index (χ1n) is 5.47. The van der Waals surface area contributed by atoms with Crippen molar-refractivity contribution in [3.8, 4) is 0 Å². The lowest BCUT2D eigenvalue weighted by molar-refractivity contribution is -0.125. The number of morpholine rings is 1. The average Bonchev–Trinajstić information content (AvgIpc) is 2.29. The van der Waals surface area contributed by atoms with Gasteiger partial charge in [-0.05, 0) is 6.07 Å². The van der Waals surface area contributed by atoms with Crippen molar-refractivity contribution in [2.45, 2.75) is 5.75 Å². The number of sulfone groups is 1. The Labute approximate surface area is 105 Å². The molecule has 2 rings (SSSR count). The highest BCUT2D eigenvalue weighted by molar-refractivity contribution is 7.89. The molecular weight excluding hydrogens is 256 g/mol. The predicted octanol–water partition coefficient (Wildman–Crippen LogP) is -0.0106. The second-order valence-corrected chi connectivity index (χ2v) is 6.29. The summed E-state index contributed by atoms with van der Waals surface area (Å²) in [6.45, 7) is 0.835. The molecule has 0 spiro atoms. The summed E-state index contributed by atoms with van der Waals surface area (Å²) in [5.41, 5.74) is 0.537. The Kier molecular flexibility index (Phi) is 3.63. The Morgan fingerprint density at radius 2 is 2.28 bits per heavy atom. The summed E-state index contributed by atoms with van der Waals surface area (Å²) in [4.78, 5) is 17.3. The number of aromatic nitrogens is 1. The van der Waals surface area contributed by atoms with Crippen LogP contribution in [0.5, 0.6) is 0 Å². The van der Waals surface area contributed by atoms with Gasteiger partial charge in [0.1, 0.15) is 12.4 Å². The molecule has 0 bridgehead atoms. The number of rotatable bonds is 3. The molecule has 1 saturated heterocycles. The summed E-state index contributed by atoms with van der Waals surface area (Å²) >= 11 is 0. The number of amides is 1. The number of hydrogen-bond acceptors (Lipinski definition) is 5. The molecule has 0 aliphatic carbocycles. The molecule has 0 unspecified atom stereocenters. The van der Waals surface area contributed by atoms with Gasteiger partial charge in [-0.3, -0.25) is 9.69 Å². The molecule has 0 atom stereocenters. The van der Waals surface area contributed by atoms with Crippen molar-refractivity contribution in [3.05, 3.63) is 23.9 Å². The van der Waals surface area contributed by atoms with E-state index in [1.54, 1.807) is 18.3 Å². The van der Waals surface area contributed by atoms with Gasteiger partial charge in [-0.2, -0.15) is 0 Å². The smallest absolute Gasteiger partial charge is 0.254 e. The molecule has 1 aromatic heterocycles. The van der Waals surface area contributed by atoms with Crippen molar-refractivity contribution in [1.29, 1.82) is 0 Å². The van der Waals surface area contributed by atoms with Crippen molar-refractivity contribution < 1.29 is 17.9 Å². The molecule has 2 heterocycles. The molecule has 0 saturated carbocycles. The van der Waals surface area contributed by atoms with Gasteiger partial charge in [0.25, 0.3) is 5.91 Å². The molecular formula is C11H14N2O4S. The van der Waals surface area contributed by atoms with E-state index in [2.05, 4.69) is 4.98 Å². The summed E-state index contributed by atoms with van der Waals surface area (Å²) in [7, 11) is -3.17. The second kappa shape index (κ2) is 5.03. The van der Waals surface area contributed by atoms with Crippen LogP contribution in [-0.4, -0.2) is 45.3 Å². The molecule has 98 valence electrons. The largest absolute Gasteiger partial charge is 0.370 e. The summed E-state index contributed by atoms with van der Waals surface area (Å²) in [6.07, 6.45) is 2.70. The third kappa shape index (κ3) is 3.05. The highest BCUT2D eigenvalue weighted by Gasteiger charge is 2.24. The molecule has 1 amide bonds. The van der Waals surface area contributed by atoms with Gasteiger partial charge >= 0.3 is 0 Å². The van der Waals surface area contributed by atoms with Crippen LogP contribution in [0.3, 0.4) is 0 Å². The summed E-state index contributed by atoms with van der Waals surface area (Å²) in [5, 5.41) is 0. The number of ether oxygens (including phenoxy) is 1. The van der Waals surface area contributed by atoms with Gasteiger partial charge in [-0.15, -0.1) is 0 Å². The Morgan fingerprint density at radius 3 is 2.94 bits per heavy atom. The van der Waals surface area contributed by atoms with Gasteiger partial charge < -0.3 is 4.74 Å². The Balaban J connectivity index is 2.35. The SMILES string of the molecule is CS(=O)(=O)Cc1cccnc1N1CCOCC1=O. The van der Waals surface area contributed by atoms with Crippen molar-refractivity contribution in [2.75, 3.05) is 30.9 Å². The summed E-state index contributed by atoms with van der Waals surface area (Å²) < 4.78 is 27.8. The number of carbonyl (C=O) groups is 1. The van der Waals surface area contributed by atoms with E-state index in [4.69, 9.17) is 4.74 Å². The van der Waals surface area contributed by atoms with E-state index in [9.17, 15) is 13.2 Å². The quantitative estimate of drug-likeness (QED) is 0.772. The maximum atomic E-state index is 11.7. The van der Waals surface area contributed by atoms with Gasteiger partial charge in [0.05, 0.1) is 18.9 Å².